The Morgan fingerprint density at radius 2 is 1.89 bits per heavy atom. The summed E-state index contributed by atoms with van der Waals surface area (Å²) in [6.07, 6.45) is 3.21. The minimum absolute atomic E-state index is 0.0146. The van der Waals surface area contributed by atoms with Crippen LogP contribution in [0.5, 0.6) is 0 Å². The van der Waals surface area contributed by atoms with E-state index < -0.39 is 21.1 Å². The quantitative estimate of drug-likeness (QED) is 0.359. The first-order valence-corrected chi connectivity index (χ1v) is 12.3. The van der Waals surface area contributed by atoms with Crippen molar-refractivity contribution >= 4 is 26.9 Å². The van der Waals surface area contributed by atoms with Gasteiger partial charge in [0, 0.05) is 22.9 Å². The zero-order valence-electron chi connectivity index (χ0n) is 18.8. The van der Waals surface area contributed by atoms with Gasteiger partial charge in [-0.3, -0.25) is 0 Å². The second kappa shape index (κ2) is 8.65. The van der Waals surface area contributed by atoms with E-state index in [9.17, 15) is 29.0 Å². The standard InChI is InChI=1S/C26H17N3O5S/c1-26(2)22(21(14-29)24(34-26)20(12-27)13-28)7-6-17-9-18-10-19-15-35(31,32)8-4-3-5-16(19)11-23(18)33-25(17)30/h6-7,9-11H,4,8,15H2,1-2H3/b7-6+. The van der Waals surface area contributed by atoms with E-state index in [4.69, 9.17) is 9.15 Å². The lowest BCUT2D eigenvalue weighted by Crippen LogP contribution is -2.20. The third kappa shape index (κ3) is 4.46. The summed E-state index contributed by atoms with van der Waals surface area (Å²) in [5, 5.41) is 28.6. The zero-order chi connectivity index (χ0) is 25.4. The molecule has 0 aliphatic carbocycles. The fourth-order valence-electron chi connectivity index (χ4n) is 3.91. The van der Waals surface area contributed by atoms with Gasteiger partial charge in [-0.25, -0.2) is 13.2 Å². The SMILES string of the molecule is CC1(C)OC(=C(C#N)C#N)C(C#N)=C1/C=C/c1cc2cc3c(cc2oc1=O)C#CCCS(=O)(=O)C3. The summed E-state index contributed by atoms with van der Waals surface area (Å²) in [5.41, 5.74) is -0.102. The third-order valence-electron chi connectivity index (χ3n) is 5.62. The van der Waals surface area contributed by atoms with Gasteiger partial charge in [-0.1, -0.05) is 17.9 Å². The van der Waals surface area contributed by atoms with E-state index in [0.717, 1.165) is 0 Å². The number of sulfone groups is 1. The molecule has 0 unspecified atom stereocenters. The molecular formula is C26H17N3O5S. The van der Waals surface area contributed by atoms with Gasteiger partial charge in [0.2, 0.25) is 0 Å². The van der Waals surface area contributed by atoms with E-state index in [1.165, 1.54) is 12.2 Å². The Kier molecular flexibility index (Phi) is 5.83. The minimum atomic E-state index is -3.31. The number of nitrogens with zero attached hydrogens (tertiary/aromatic N) is 3. The Hall–Kier alpha value is -4.57. The van der Waals surface area contributed by atoms with Crippen molar-refractivity contribution in [1.29, 1.82) is 15.8 Å². The second-order valence-corrected chi connectivity index (χ2v) is 10.6. The van der Waals surface area contributed by atoms with Gasteiger partial charge < -0.3 is 9.15 Å². The Bertz CT molecular complexity index is 1720. The lowest BCUT2D eigenvalue weighted by atomic mass is 9.94. The largest absolute Gasteiger partial charge is 0.480 e. The van der Waals surface area contributed by atoms with E-state index in [-0.39, 0.29) is 46.0 Å². The molecule has 35 heavy (non-hydrogen) atoms. The molecule has 0 saturated heterocycles. The van der Waals surface area contributed by atoms with Crippen molar-refractivity contribution in [3.63, 3.8) is 0 Å². The number of nitriles is 3. The number of fused-ring (bicyclic) bond motifs is 2. The Morgan fingerprint density at radius 1 is 1.14 bits per heavy atom. The molecule has 1 aromatic carbocycles. The van der Waals surface area contributed by atoms with Crippen LogP contribution in [0.15, 0.2) is 56.0 Å². The van der Waals surface area contributed by atoms with Crippen molar-refractivity contribution in [2.24, 2.45) is 0 Å². The fraction of sp³-hybridized carbons (Fsp3) is 0.231. The smallest absolute Gasteiger partial charge is 0.343 e. The predicted molar refractivity (Wildman–Crippen MR) is 127 cm³/mol. The molecule has 0 saturated carbocycles. The van der Waals surface area contributed by atoms with Crippen LogP contribution in [0.4, 0.5) is 0 Å². The molecule has 0 radical (unpaired) electrons. The molecule has 0 fully saturated rings. The highest BCUT2D eigenvalue weighted by molar-refractivity contribution is 7.90. The van der Waals surface area contributed by atoms with Crippen LogP contribution >= 0.6 is 0 Å². The maximum absolute atomic E-state index is 12.7. The average Bonchev–Trinajstić information content (AvgIpc) is 3.04. The number of hydrogen-bond acceptors (Lipinski definition) is 8. The molecule has 0 N–H and O–H groups in total. The summed E-state index contributed by atoms with van der Waals surface area (Å²) >= 11 is 0. The van der Waals surface area contributed by atoms with Crippen molar-refractivity contribution < 1.29 is 17.6 Å². The first-order chi connectivity index (χ1) is 16.6. The van der Waals surface area contributed by atoms with Gasteiger partial charge in [0.15, 0.2) is 21.2 Å². The van der Waals surface area contributed by atoms with Crippen molar-refractivity contribution in [2.75, 3.05) is 5.75 Å². The van der Waals surface area contributed by atoms with Crippen molar-refractivity contribution in [3.8, 4) is 30.0 Å². The van der Waals surface area contributed by atoms with Gasteiger partial charge in [-0.15, -0.1) is 0 Å². The molecule has 1 aromatic heterocycles. The van der Waals surface area contributed by atoms with E-state index in [0.29, 0.717) is 22.1 Å². The van der Waals surface area contributed by atoms with Crippen molar-refractivity contribution in [2.45, 2.75) is 31.6 Å². The lowest BCUT2D eigenvalue weighted by molar-refractivity contribution is 0.0954. The summed E-state index contributed by atoms with van der Waals surface area (Å²) in [6.45, 7) is 3.34. The molecule has 0 atom stereocenters. The first kappa shape index (κ1) is 23.6. The maximum Gasteiger partial charge on any atom is 0.343 e. The molecule has 4 rings (SSSR count). The molecule has 2 aromatic rings. The maximum atomic E-state index is 12.7. The first-order valence-electron chi connectivity index (χ1n) is 10.5. The van der Waals surface area contributed by atoms with Gasteiger partial charge in [-0.2, -0.15) is 15.8 Å². The molecule has 9 heteroatoms. The van der Waals surface area contributed by atoms with Crippen LogP contribution in [0.25, 0.3) is 17.0 Å². The molecule has 0 bridgehead atoms. The number of ether oxygens (including phenoxy) is 1. The van der Waals surface area contributed by atoms with Gasteiger partial charge in [0.1, 0.15) is 35.0 Å². The van der Waals surface area contributed by atoms with Crippen LogP contribution in [0.3, 0.4) is 0 Å². The van der Waals surface area contributed by atoms with E-state index in [2.05, 4.69) is 11.8 Å². The van der Waals surface area contributed by atoms with E-state index in [1.54, 1.807) is 44.2 Å². The Balaban J connectivity index is 1.84. The van der Waals surface area contributed by atoms with Gasteiger partial charge >= 0.3 is 5.63 Å². The number of allylic oxidation sites excluding steroid dienone is 2. The van der Waals surface area contributed by atoms with Crippen molar-refractivity contribution in [1.82, 2.24) is 0 Å². The highest BCUT2D eigenvalue weighted by Crippen LogP contribution is 2.40. The monoisotopic (exact) mass is 483 g/mol. The van der Waals surface area contributed by atoms with Gasteiger partial charge in [0.05, 0.1) is 17.1 Å². The lowest BCUT2D eigenvalue weighted by Gasteiger charge is -2.20. The molecule has 0 amide bonds. The predicted octanol–water partition coefficient (Wildman–Crippen LogP) is 3.41. The molecule has 172 valence electrons. The molecule has 8 nitrogen and oxygen atoms in total. The normalized spacial score (nSPS) is 17.7. The van der Waals surface area contributed by atoms with Gasteiger partial charge in [0.25, 0.3) is 0 Å². The molecule has 2 aliphatic heterocycles. The Labute approximate surface area is 201 Å². The van der Waals surface area contributed by atoms with Crippen LogP contribution in [-0.4, -0.2) is 19.8 Å². The van der Waals surface area contributed by atoms with E-state index >= 15 is 0 Å². The van der Waals surface area contributed by atoms with Crippen LogP contribution in [0.1, 0.15) is 37.0 Å². The summed E-state index contributed by atoms with van der Waals surface area (Å²) < 4.78 is 35.8. The minimum Gasteiger partial charge on any atom is -0.480 e. The van der Waals surface area contributed by atoms with Crippen LogP contribution < -0.4 is 5.63 Å². The Morgan fingerprint density at radius 3 is 2.57 bits per heavy atom. The summed E-state index contributed by atoms with van der Waals surface area (Å²) in [6, 6.07) is 10.2. The number of rotatable bonds is 2. The molecule has 0 spiro atoms. The summed E-state index contributed by atoms with van der Waals surface area (Å²) in [4.78, 5) is 12.7. The second-order valence-electron chi connectivity index (χ2n) is 8.45. The zero-order valence-corrected chi connectivity index (χ0v) is 19.6. The number of benzene rings is 1. The van der Waals surface area contributed by atoms with Crippen LogP contribution in [-0.2, 0) is 20.3 Å². The molecular weight excluding hydrogens is 466 g/mol. The third-order valence-corrected chi connectivity index (χ3v) is 7.19. The summed E-state index contributed by atoms with van der Waals surface area (Å²) in [5.74, 6) is 5.50. The topological polar surface area (TPSA) is 145 Å². The van der Waals surface area contributed by atoms with Crippen LogP contribution in [0.2, 0.25) is 0 Å². The average molecular weight is 484 g/mol. The number of hydrogen-bond donors (Lipinski definition) is 0. The molecule has 3 heterocycles. The van der Waals surface area contributed by atoms with E-state index in [1.807, 2.05) is 6.07 Å². The van der Waals surface area contributed by atoms with Crippen molar-refractivity contribution in [3.05, 3.63) is 73.9 Å². The van der Waals surface area contributed by atoms with Crippen LogP contribution in [0, 0.1) is 45.8 Å². The summed E-state index contributed by atoms with van der Waals surface area (Å²) in [7, 11) is -3.31. The molecule has 2 aliphatic rings. The van der Waals surface area contributed by atoms with Gasteiger partial charge in [-0.05, 0) is 43.7 Å². The highest BCUT2D eigenvalue weighted by atomic mass is 32.2. The highest BCUT2D eigenvalue weighted by Gasteiger charge is 2.38. The fourth-order valence-corrected chi connectivity index (χ4v) is 5.18.